The number of anilines is 1. The summed E-state index contributed by atoms with van der Waals surface area (Å²) in [4.78, 5) is 17.6. The van der Waals surface area contributed by atoms with Crippen LogP contribution in [0.25, 0.3) is 0 Å². The first-order valence-corrected chi connectivity index (χ1v) is 11.3. The van der Waals surface area contributed by atoms with Gasteiger partial charge in [-0.05, 0) is 46.2 Å². The zero-order chi connectivity index (χ0) is 21.3. The molecule has 29 heavy (non-hydrogen) atoms. The van der Waals surface area contributed by atoms with Crippen molar-refractivity contribution in [3.05, 3.63) is 46.3 Å². The number of hydrogen-bond acceptors (Lipinski definition) is 5. The van der Waals surface area contributed by atoms with Gasteiger partial charge in [0.15, 0.2) is 0 Å². The van der Waals surface area contributed by atoms with E-state index in [-0.39, 0.29) is 17.1 Å². The van der Waals surface area contributed by atoms with Gasteiger partial charge in [-0.1, -0.05) is 17.7 Å². The number of nitrogens with zero attached hydrogens (tertiary/aromatic N) is 2. The van der Waals surface area contributed by atoms with Gasteiger partial charge in [-0.3, -0.25) is 0 Å². The van der Waals surface area contributed by atoms with E-state index in [2.05, 4.69) is 41.9 Å². The van der Waals surface area contributed by atoms with Crippen LogP contribution in [-0.2, 0) is 14.8 Å². The van der Waals surface area contributed by atoms with Crippen molar-refractivity contribution in [2.24, 2.45) is 0 Å². The monoisotopic (exact) mass is 419 g/mol. The Balaban J connectivity index is 1.85. The van der Waals surface area contributed by atoms with Gasteiger partial charge in [0.1, 0.15) is 10.5 Å². The van der Waals surface area contributed by atoms with Gasteiger partial charge in [0.2, 0.25) is 10.0 Å². The number of carbonyl (C=O) groups is 1. The maximum atomic E-state index is 13.4. The molecule has 2 aromatic rings. The Hall–Kier alpha value is -2.32. The topological polar surface area (TPSA) is 82.7 Å². The molecular weight excluding hydrogens is 390 g/mol. The SMILES string of the molecule is CCOC(=O)c1c(C)[nH]c(C)c1S(=O)(=O)N1CCN(c2ccc(C)cc2C)CC1. The first kappa shape index (κ1) is 21.4. The van der Waals surface area contributed by atoms with Crippen LogP contribution in [0.15, 0.2) is 23.1 Å². The molecule has 0 radical (unpaired) electrons. The first-order valence-electron chi connectivity index (χ1n) is 9.85. The summed E-state index contributed by atoms with van der Waals surface area (Å²) in [6.07, 6.45) is 0. The minimum Gasteiger partial charge on any atom is -0.462 e. The van der Waals surface area contributed by atoms with Gasteiger partial charge in [0.25, 0.3) is 0 Å². The maximum absolute atomic E-state index is 13.4. The molecule has 0 spiro atoms. The lowest BCUT2D eigenvalue weighted by Crippen LogP contribution is -2.49. The van der Waals surface area contributed by atoms with E-state index in [0.717, 1.165) is 5.69 Å². The zero-order valence-corrected chi connectivity index (χ0v) is 18.5. The quantitative estimate of drug-likeness (QED) is 0.754. The minimum absolute atomic E-state index is 0.0356. The number of carbonyl (C=O) groups excluding carboxylic acids is 1. The predicted molar refractivity (Wildman–Crippen MR) is 113 cm³/mol. The molecule has 0 unspecified atom stereocenters. The zero-order valence-electron chi connectivity index (χ0n) is 17.7. The third kappa shape index (κ3) is 4.04. The molecule has 0 atom stereocenters. The van der Waals surface area contributed by atoms with E-state index in [4.69, 9.17) is 4.74 Å². The average Bonchev–Trinajstić information content (AvgIpc) is 2.97. The molecule has 1 aliphatic heterocycles. The summed E-state index contributed by atoms with van der Waals surface area (Å²) >= 11 is 0. The molecule has 0 aliphatic carbocycles. The minimum atomic E-state index is -3.81. The Morgan fingerprint density at radius 2 is 1.72 bits per heavy atom. The number of aromatic amines is 1. The van der Waals surface area contributed by atoms with Gasteiger partial charge >= 0.3 is 5.97 Å². The van der Waals surface area contributed by atoms with Crippen LogP contribution in [0.4, 0.5) is 5.69 Å². The number of H-pyrrole nitrogens is 1. The molecule has 1 aromatic carbocycles. The summed E-state index contributed by atoms with van der Waals surface area (Å²) in [6, 6.07) is 6.30. The lowest BCUT2D eigenvalue weighted by Gasteiger charge is -2.36. The lowest BCUT2D eigenvalue weighted by atomic mass is 10.1. The van der Waals surface area contributed by atoms with Crippen molar-refractivity contribution in [1.82, 2.24) is 9.29 Å². The molecule has 1 saturated heterocycles. The summed E-state index contributed by atoms with van der Waals surface area (Å²) in [6.45, 7) is 11.3. The van der Waals surface area contributed by atoms with Gasteiger partial charge in [-0.25, -0.2) is 13.2 Å². The number of aromatic nitrogens is 1. The molecular formula is C21H29N3O4S. The summed E-state index contributed by atoms with van der Waals surface area (Å²) in [5.74, 6) is -0.609. The van der Waals surface area contributed by atoms with Gasteiger partial charge in [0.05, 0.1) is 6.61 Å². The Morgan fingerprint density at radius 3 is 2.31 bits per heavy atom. The number of aryl methyl sites for hydroxylation is 4. The highest BCUT2D eigenvalue weighted by Crippen LogP contribution is 2.29. The standard InChI is InChI=1S/C21H29N3O4S/c1-6-28-21(25)19-16(4)22-17(5)20(19)29(26,27)24-11-9-23(10-12-24)18-8-7-14(2)13-15(18)3/h7-8,13,22H,6,9-12H2,1-5H3. The molecule has 1 N–H and O–H groups in total. The van der Waals surface area contributed by atoms with Crippen molar-refractivity contribution in [3.8, 4) is 0 Å². The number of ether oxygens (including phenoxy) is 1. The van der Waals surface area contributed by atoms with Crippen LogP contribution < -0.4 is 4.90 Å². The van der Waals surface area contributed by atoms with E-state index in [1.807, 2.05) is 0 Å². The molecule has 8 heteroatoms. The fourth-order valence-corrected chi connectivity index (χ4v) is 5.82. The van der Waals surface area contributed by atoms with Crippen LogP contribution in [0.2, 0.25) is 0 Å². The highest BCUT2D eigenvalue weighted by Gasteiger charge is 2.36. The highest BCUT2D eigenvalue weighted by atomic mass is 32.2. The average molecular weight is 420 g/mol. The fraction of sp³-hybridized carbons (Fsp3) is 0.476. The number of esters is 1. The lowest BCUT2D eigenvalue weighted by molar-refractivity contribution is 0.0521. The number of benzene rings is 1. The van der Waals surface area contributed by atoms with E-state index in [1.54, 1.807) is 20.8 Å². The van der Waals surface area contributed by atoms with Crippen molar-refractivity contribution < 1.29 is 17.9 Å². The summed E-state index contributed by atoms with van der Waals surface area (Å²) in [5, 5.41) is 0. The molecule has 0 bridgehead atoms. The second kappa shape index (κ2) is 8.20. The Kier molecular flexibility index (Phi) is 6.05. The van der Waals surface area contributed by atoms with E-state index in [9.17, 15) is 13.2 Å². The van der Waals surface area contributed by atoms with Crippen LogP contribution in [-0.4, -0.2) is 56.5 Å². The first-order chi connectivity index (χ1) is 13.7. The summed E-state index contributed by atoms with van der Waals surface area (Å²) in [5.41, 5.74) is 4.60. The van der Waals surface area contributed by atoms with E-state index in [1.165, 1.54) is 15.4 Å². The Morgan fingerprint density at radius 1 is 1.07 bits per heavy atom. The van der Waals surface area contributed by atoms with Crippen molar-refractivity contribution in [3.63, 3.8) is 0 Å². The van der Waals surface area contributed by atoms with Crippen molar-refractivity contribution >= 4 is 21.7 Å². The second-order valence-electron chi connectivity index (χ2n) is 7.48. The molecule has 0 amide bonds. The molecule has 7 nitrogen and oxygen atoms in total. The molecule has 1 fully saturated rings. The Labute approximate surface area is 172 Å². The van der Waals surface area contributed by atoms with E-state index >= 15 is 0 Å². The van der Waals surface area contributed by atoms with Gasteiger partial charge in [-0.15, -0.1) is 0 Å². The molecule has 1 aliphatic rings. The molecule has 158 valence electrons. The third-order valence-electron chi connectivity index (χ3n) is 5.33. The predicted octanol–water partition coefficient (Wildman–Crippen LogP) is 2.94. The number of hydrogen-bond donors (Lipinski definition) is 1. The molecule has 0 saturated carbocycles. The van der Waals surface area contributed by atoms with Crippen LogP contribution >= 0.6 is 0 Å². The Bertz CT molecular complexity index is 1020. The van der Waals surface area contributed by atoms with Crippen molar-refractivity contribution in [1.29, 1.82) is 0 Å². The summed E-state index contributed by atoms with van der Waals surface area (Å²) < 4.78 is 33.3. The smallest absolute Gasteiger partial charge is 0.341 e. The highest BCUT2D eigenvalue weighted by molar-refractivity contribution is 7.89. The third-order valence-corrected chi connectivity index (χ3v) is 7.40. The van der Waals surface area contributed by atoms with Crippen molar-refractivity contribution in [2.75, 3.05) is 37.7 Å². The molecule has 3 rings (SSSR count). The number of rotatable bonds is 5. The second-order valence-corrected chi connectivity index (χ2v) is 9.36. The molecule has 2 heterocycles. The summed E-state index contributed by atoms with van der Waals surface area (Å²) in [7, 11) is -3.81. The van der Waals surface area contributed by atoms with E-state index in [0.29, 0.717) is 37.6 Å². The largest absolute Gasteiger partial charge is 0.462 e. The maximum Gasteiger partial charge on any atom is 0.341 e. The number of piperazine rings is 1. The normalized spacial score (nSPS) is 15.6. The van der Waals surface area contributed by atoms with Crippen LogP contribution in [0.1, 0.15) is 39.8 Å². The van der Waals surface area contributed by atoms with Gasteiger partial charge in [-0.2, -0.15) is 4.31 Å². The van der Waals surface area contributed by atoms with Crippen LogP contribution in [0.3, 0.4) is 0 Å². The van der Waals surface area contributed by atoms with Gasteiger partial charge < -0.3 is 14.6 Å². The van der Waals surface area contributed by atoms with Crippen molar-refractivity contribution in [2.45, 2.75) is 39.5 Å². The number of nitrogens with one attached hydrogen (secondary N) is 1. The number of sulfonamides is 1. The van der Waals surface area contributed by atoms with Crippen LogP contribution in [0.5, 0.6) is 0 Å². The van der Waals surface area contributed by atoms with Gasteiger partial charge in [0, 0.05) is 43.3 Å². The van der Waals surface area contributed by atoms with E-state index < -0.39 is 16.0 Å². The van der Waals surface area contributed by atoms with Crippen LogP contribution in [0, 0.1) is 27.7 Å². The molecule has 1 aromatic heterocycles. The fourth-order valence-electron chi connectivity index (χ4n) is 3.99.